The molecule has 0 heterocycles. The van der Waals surface area contributed by atoms with Gasteiger partial charge in [0.25, 0.3) is 0 Å². The van der Waals surface area contributed by atoms with Crippen LogP contribution in [0.4, 0.5) is 0 Å². The van der Waals surface area contributed by atoms with Gasteiger partial charge < -0.3 is 5.73 Å². The first-order valence-electron chi connectivity index (χ1n) is 4.53. The summed E-state index contributed by atoms with van der Waals surface area (Å²) >= 11 is 5.03. The number of allylic oxidation sites excluding steroid dienone is 1. The zero-order chi connectivity index (χ0) is 8.93. The lowest BCUT2D eigenvalue weighted by Crippen LogP contribution is -2.49. The Morgan fingerprint density at radius 1 is 1.67 bits per heavy atom. The van der Waals surface area contributed by atoms with E-state index in [-0.39, 0.29) is 0 Å². The van der Waals surface area contributed by atoms with Crippen molar-refractivity contribution < 1.29 is 0 Å². The molecule has 3 rings (SSSR count). The van der Waals surface area contributed by atoms with Crippen molar-refractivity contribution in [1.82, 2.24) is 0 Å². The van der Waals surface area contributed by atoms with E-state index in [1.165, 1.54) is 18.4 Å². The fourth-order valence-corrected chi connectivity index (χ4v) is 2.85. The second-order valence-corrected chi connectivity index (χ2v) is 5.01. The van der Waals surface area contributed by atoms with Crippen LogP contribution in [-0.2, 0) is 0 Å². The molecule has 0 aromatic heterocycles. The molecule has 1 saturated carbocycles. The molecule has 0 amide bonds. The summed E-state index contributed by atoms with van der Waals surface area (Å²) in [5.74, 6) is 1.52. The highest BCUT2D eigenvalue weighted by Gasteiger charge is 2.51. The number of fused-ring (bicyclic) bond motifs is 1. The molecule has 1 fully saturated rings. The van der Waals surface area contributed by atoms with Crippen molar-refractivity contribution in [3.8, 4) is 0 Å². The van der Waals surface area contributed by atoms with E-state index in [1.807, 2.05) is 0 Å². The minimum atomic E-state index is 0.452. The Bertz CT molecular complexity index is 265. The molecule has 2 N–H and O–H groups in total. The monoisotopic (exact) mass is 181 g/mol. The van der Waals surface area contributed by atoms with Gasteiger partial charge in [-0.3, -0.25) is 0 Å². The van der Waals surface area contributed by atoms with Gasteiger partial charge in [-0.15, -0.1) is 0 Å². The molecule has 0 aromatic rings. The van der Waals surface area contributed by atoms with Crippen molar-refractivity contribution in [3.05, 3.63) is 11.6 Å². The number of hydrogen-bond donors (Lipinski definition) is 1. The Morgan fingerprint density at radius 3 is 2.67 bits per heavy atom. The van der Waals surface area contributed by atoms with Crippen molar-refractivity contribution in [1.29, 1.82) is 0 Å². The fourth-order valence-electron chi connectivity index (χ4n) is 2.63. The zero-order valence-corrected chi connectivity index (χ0v) is 8.45. The van der Waals surface area contributed by atoms with E-state index >= 15 is 0 Å². The third kappa shape index (κ3) is 0.875. The molecule has 66 valence electrons. The molecule has 0 aromatic carbocycles. The van der Waals surface area contributed by atoms with Crippen LogP contribution in [0, 0.1) is 17.3 Å². The maximum atomic E-state index is 5.67. The Kier molecular flexibility index (Phi) is 1.59. The minimum absolute atomic E-state index is 0.452. The lowest BCUT2D eigenvalue weighted by Gasteiger charge is -2.56. The van der Waals surface area contributed by atoms with Crippen LogP contribution in [0.5, 0.6) is 0 Å². The molecule has 0 spiro atoms. The van der Waals surface area contributed by atoms with Gasteiger partial charge in [-0.2, -0.15) is 0 Å². The van der Waals surface area contributed by atoms with Gasteiger partial charge in [-0.25, -0.2) is 0 Å². The first-order valence-corrected chi connectivity index (χ1v) is 4.94. The molecule has 1 nitrogen and oxygen atoms in total. The largest absolute Gasteiger partial charge is 0.390 e. The van der Waals surface area contributed by atoms with E-state index in [0.29, 0.717) is 16.3 Å². The highest BCUT2D eigenvalue weighted by Crippen LogP contribution is 2.59. The van der Waals surface area contributed by atoms with Gasteiger partial charge >= 0.3 is 0 Å². The molecule has 2 atom stereocenters. The fraction of sp³-hybridized carbons (Fsp3) is 0.700. The van der Waals surface area contributed by atoms with Crippen LogP contribution in [0.1, 0.15) is 26.7 Å². The van der Waals surface area contributed by atoms with Crippen molar-refractivity contribution in [2.45, 2.75) is 26.7 Å². The Balaban J connectivity index is 2.30. The molecule has 0 radical (unpaired) electrons. The highest BCUT2D eigenvalue weighted by atomic mass is 32.1. The average Bonchev–Trinajstić information content (AvgIpc) is 2.04. The van der Waals surface area contributed by atoms with Gasteiger partial charge in [0.2, 0.25) is 0 Å². The third-order valence-corrected chi connectivity index (χ3v) is 3.99. The molecule has 2 unspecified atom stereocenters. The highest BCUT2D eigenvalue weighted by molar-refractivity contribution is 7.80. The number of hydrogen-bond acceptors (Lipinski definition) is 1. The van der Waals surface area contributed by atoms with E-state index in [9.17, 15) is 0 Å². The molecule has 2 bridgehead atoms. The Morgan fingerprint density at radius 2 is 2.33 bits per heavy atom. The van der Waals surface area contributed by atoms with Gasteiger partial charge in [0, 0.05) is 0 Å². The summed E-state index contributed by atoms with van der Waals surface area (Å²) in [7, 11) is 0. The van der Waals surface area contributed by atoms with Crippen LogP contribution in [0.15, 0.2) is 11.6 Å². The summed E-state index contributed by atoms with van der Waals surface area (Å²) in [5, 5.41) is 0. The van der Waals surface area contributed by atoms with E-state index in [2.05, 4.69) is 19.9 Å². The summed E-state index contributed by atoms with van der Waals surface area (Å²) in [6.45, 7) is 4.66. The molecule has 3 aliphatic rings. The first kappa shape index (κ1) is 8.24. The molecule has 0 aliphatic heterocycles. The normalized spacial score (nSPS) is 36.7. The molecular weight excluding hydrogens is 166 g/mol. The second kappa shape index (κ2) is 2.32. The second-order valence-electron chi connectivity index (χ2n) is 4.57. The van der Waals surface area contributed by atoms with E-state index < -0.39 is 0 Å². The molecule has 2 heteroatoms. The van der Waals surface area contributed by atoms with E-state index in [0.717, 1.165) is 5.92 Å². The maximum absolute atomic E-state index is 5.67. The average molecular weight is 181 g/mol. The molecule has 3 aliphatic carbocycles. The standard InChI is InChI=1S/C10H15NS/c1-10(2)6-3-4-7(9(11)12)8(10)5-6/h4,6,8H,3,5H2,1-2H3,(H2,11,12). The van der Waals surface area contributed by atoms with E-state index in [4.69, 9.17) is 18.0 Å². The summed E-state index contributed by atoms with van der Waals surface area (Å²) in [6.07, 6.45) is 4.72. The van der Waals surface area contributed by atoms with Crippen molar-refractivity contribution in [3.63, 3.8) is 0 Å². The van der Waals surface area contributed by atoms with Gasteiger partial charge in [-0.05, 0) is 35.7 Å². The van der Waals surface area contributed by atoms with Gasteiger partial charge in [0.15, 0.2) is 0 Å². The van der Waals surface area contributed by atoms with Crippen molar-refractivity contribution in [2.75, 3.05) is 0 Å². The smallest absolute Gasteiger partial charge is 0.0994 e. The van der Waals surface area contributed by atoms with Crippen LogP contribution >= 0.6 is 12.2 Å². The quantitative estimate of drug-likeness (QED) is 0.628. The van der Waals surface area contributed by atoms with Gasteiger partial charge in [-0.1, -0.05) is 32.1 Å². The third-order valence-electron chi connectivity index (χ3n) is 3.75. The molecule has 0 saturated heterocycles. The Labute approximate surface area is 79.0 Å². The molecule has 12 heavy (non-hydrogen) atoms. The minimum Gasteiger partial charge on any atom is -0.390 e. The van der Waals surface area contributed by atoms with E-state index in [1.54, 1.807) is 0 Å². The van der Waals surface area contributed by atoms with Gasteiger partial charge in [0.05, 0.1) is 4.99 Å². The topological polar surface area (TPSA) is 26.0 Å². The lowest BCUT2D eigenvalue weighted by molar-refractivity contribution is -0.00152. The summed E-state index contributed by atoms with van der Waals surface area (Å²) in [4.78, 5) is 0.617. The van der Waals surface area contributed by atoms with Crippen LogP contribution in [0.3, 0.4) is 0 Å². The van der Waals surface area contributed by atoms with Gasteiger partial charge in [0.1, 0.15) is 0 Å². The summed E-state index contributed by atoms with van der Waals surface area (Å²) in [6, 6.07) is 0. The Hall–Kier alpha value is -0.370. The van der Waals surface area contributed by atoms with Crippen LogP contribution in [-0.4, -0.2) is 4.99 Å². The predicted molar refractivity (Wildman–Crippen MR) is 54.9 cm³/mol. The lowest BCUT2D eigenvalue weighted by atomic mass is 9.49. The first-order chi connectivity index (χ1) is 5.53. The van der Waals surface area contributed by atoms with Crippen LogP contribution < -0.4 is 5.73 Å². The number of thiocarbonyl (C=S) groups is 1. The van der Waals surface area contributed by atoms with Crippen molar-refractivity contribution >= 4 is 17.2 Å². The van der Waals surface area contributed by atoms with Crippen LogP contribution in [0.2, 0.25) is 0 Å². The maximum Gasteiger partial charge on any atom is 0.0994 e. The van der Waals surface area contributed by atoms with Crippen molar-refractivity contribution in [2.24, 2.45) is 23.0 Å². The van der Waals surface area contributed by atoms with Crippen LogP contribution in [0.25, 0.3) is 0 Å². The SMILES string of the molecule is CC1(C)C2CC=C(C(N)=S)C1C2. The summed E-state index contributed by atoms with van der Waals surface area (Å²) in [5.41, 5.74) is 7.37. The zero-order valence-electron chi connectivity index (χ0n) is 7.63. The number of rotatable bonds is 1. The summed E-state index contributed by atoms with van der Waals surface area (Å²) < 4.78 is 0. The predicted octanol–water partition coefficient (Wildman–Crippen LogP) is 2.26. The molecular formula is C10H15NS. The number of nitrogens with two attached hydrogens (primary N) is 1.